The maximum Gasteiger partial charge on any atom is 0.357 e. The maximum absolute atomic E-state index is 15.4. The van der Waals surface area contributed by atoms with Crippen molar-refractivity contribution < 1.29 is 27.1 Å². The fraction of sp³-hybridized carbons (Fsp3) is 0.387. The van der Waals surface area contributed by atoms with Crippen molar-refractivity contribution in [1.29, 1.82) is 0 Å². The number of carbonyl (C=O) groups excluding carboxylic acids is 1. The number of hydrogen-bond acceptors (Lipinski definition) is 8. The first-order chi connectivity index (χ1) is 20.7. The van der Waals surface area contributed by atoms with Gasteiger partial charge in [0.25, 0.3) is 0 Å². The number of thiazole rings is 1. The van der Waals surface area contributed by atoms with Crippen LogP contribution in [0.25, 0.3) is 16.4 Å². The zero-order valence-electron chi connectivity index (χ0n) is 23.8. The quantitative estimate of drug-likeness (QED) is 0.208. The summed E-state index contributed by atoms with van der Waals surface area (Å²) in [5.74, 6) is 0.0317. The van der Waals surface area contributed by atoms with E-state index in [0.29, 0.717) is 28.7 Å². The third-order valence-electron chi connectivity index (χ3n) is 7.86. The Bertz CT molecular complexity index is 1760. The smallest absolute Gasteiger partial charge is 0.357 e. The Balaban J connectivity index is 1.47. The Morgan fingerprint density at radius 3 is 2.63 bits per heavy atom. The number of sulfonamides is 1. The molecule has 2 N–H and O–H groups in total. The number of ether oxygens (including phenoxy) is 2. The zero-order chi connectivity index (χ0) is 30.1. The van der Waals surface area contributed by atoms with Crippen LogP contribution in [-0.4, -0.2) is 41.9 Å². The standard InChI is InChI=1S/C31H33FN4O5S2/c1-2-40-30(37)27-18-42-31(34-27)36-28(14-19-10-11-19)25(16-20-12-13-24(17-26(20)32)43(33,38)39)29(35-36)21-6-5-9-23(15-21)41-22-7-3-4-8-22/h5-6,9,12-13,15,17-19,22H,2-4,7-8,10-11,14,16H2,1H3,(H2,33,38,39). The van der Waals surface area contributed by atoms with Crippen LogP contribution in [0.4, 0.5) is 4.39 Å². The fourth-order valence-corrected chi connectivity index (χ4v) is 6.77. The summed E-state index contributed by atoms with van der Waals surface area (Å²) in [6.07, 6.45) is 7.56. The van der Waals surface area contributed by atoms with Crippen molar-refractivity contribution in [3.05, 3.63) is 76.2 Å². The minimum atomic E-state index is -4.05. The van der Waals surface area contributed by atoms with Gasteiger partial charge in [-0.15, -0.1) is 11.3 Å². The number of halogens is 1. The van der Waals surface area contributed by atoms with Crippen molar-refractivity contribution in [1.82, 2.24) is 14.8 Å². The molecule has 4 aromatic rings. The predicted molar refractivity (Wildman–Crippen MR) is 161 cm³/mol. The lowest BCUT2D eigenvalue weighted by molar-refractivity contribution is 0.0520. The van der Waals surface area contributed by atoms with Crippen LogP contribution < -0.4 is 9.88 Å². The minimum absolute atomic E-state index is 0.165. The second kappa shape index (κ2) is 12.2. The Morgan fingerprint density at radius 1 is 1.14 bits per heavy atom. The lowest BCUT2D eigenvalue weighted by Gasteiger charge is -2.14. The van der Waals surface area contributed by atoms with E-state index in [1.807, 2.05) is 24.3 Å². The van der Waals surface area contributed by atoms with Gasteiger partial charge in [-0.05, 0) is 87.6 Å². The molecule has 0 amide bonds. The summed E-state index contributed by atoms with van der Waals surface area (Å²) in [6, 6.07) is 11.5. The van der Waals surface area contributed by atoms with Crippen molar-refractivity contribution in [2.24, 2.45) is 11.1 Å². The summed E-state index contributed by atoms with van der Waals surface area (Å²) in [5, 5.41) is 12.4. The minimum Gasteiger partial charge on any atom is -0.490 e. The highest BCUT2D eigenvalue weighted by molar-refractivity contribution is 7.89. The molecule has 0 atom stereocenters. The fourth-order valence-electron chi connectivity index (χ4n) is 5.48. The number of carbonyl (C=O) groups is 1. The van der Waals surface area contributed by atoms with Gasteiger partial charge in [0.1, 0.15) is 11.6 Å². The van der Waals surface area contributed by atoms with E-state index in [0.717, 1.165) is 67.2 Å². The monoisotopic (exact) mass is 624 g/mol. The largest absolute Gasteiger partial charge is 0.490 e. The molecule has 2 aliphatic rings. The number of nitrogens with two attached hydrogens (primary N) is 1. The van der Waals surface area contributed by atoms with Crippen LogP contribution in [0, 0.1) is 11.7 Å². The van der Waals surface area contributed by atoms with E-state index >= 15 is 4.39 Å². The molecule has 2 aromatic carbocycles. The molecule has 2 aromatic heterocycles. The van der Waals surface area contributed by atoms with Gasteiger partial charge < -0.3 is 9.47 Å². The molecule has 2 aliphatic carbocycles. The van der Waals surface area contributed by atoms with Crippen LogP contribution in [-0.2, 0) is 27.6 Å². The second-order valence-electron chi connectivity index (χ2n) is 11.1. The number of nitrogens with zero attached hydrogens (tertiary/aromatic N) is 3. The second-order valence-corrected chi connectivity index (χ2v) is 13.5. The number of esters is 1. The molecule has 6 rings (SSSR count). The number of aromatic nitrogens is 3. The predicted octanol–water partition coefficient (Wildman–Crippen LogP) is 5.82. The summed E-state index contributed by atoms with van der Waals surface area (Å²) in [5.41, 5.74) is 3.66. The van der Waals surface area contributed by atoms with Crippen LogP contribution in [0.5, 0.6) is 5.75 Å². The Morgan fingerprint density at radius 2 is 1.93 bits per heavy atom. The first kappa shape index (κ1) is 29.5. The van der Waals surface area contributed by atoms with Crippen molar-refractivity contribution in [3.8, 4) is 22.1 Å². The van der Waals surface area contributed by atoms with Gasteiger partial charge in [-0.3, -0.25) is 0 Å². The van der Waals surface area contributed by atoms with E-state index in [2.05, 4.69) is 4.98 Å². The molecular weight excluding hydrogens is 591 g/mol. The number of primary sulfonamides is 1. The van der Waals surface area contributed by atoms with Crippen molar-refractivity contribution in [2.45, 2.75) is 69.3 Å². The van der Waals surface area contributed by atoms with Crippen LogP contribution in [0.1, 0.15) is 72.8 Å². The molecule has 2 heterocycles. The summed E-state index contributed by atoms with van der Waals surface area (Å²) in [7, 11) is -4.05. The summed E-state index contributed by atoms with van der Waals surface area (Å²) in [6.45, 7) is 1.98. The summed E-state index contributed by atoms with van der Waals surface area (Å²) >= 11 is 1.28. The average Bonchev–Trinajstić information content (AvgIpc) is 3.31. The van der Waals surface area contributed by atoms with E-state index in [4.69, 9.17) is 19.7 Å². The van der Waals surface area contributed by atoms with Crippen LogP contribution in [0.15, 0.2) is 52.7 Å². The molecule has 226 valence electrons. The van der Waals surface area contributed by atoms with Gasteiger partial charge in [0, 0.05) is 22.9 Å². The maximum atomic E-state index is 15.4. The van der Waals surface area contributed by atoms with Gasteiger partial charge in [-0.2, -0.15) is 5.10 Å². The first-order valence-corrected chi connectivity index (χ1v) is 16.9. The van der Waals surface area contributed by atoms with E-state index in [-0.39, 0.29) is 29.7 Å². The third-order valence-corrected chi connectivity index (χ3v) is 9.59. The highest BCUT2D eigenvalue weighted by Crippen LogP contribution is 2.39. The van der Waals surface area contributed by atoms with Crippen molar-refractivity contribution in [3.63, 3.8) is 0 Å². The molecule has 0 bridgehead atoms. The van der Waals surface area contributed by atoms with Gasteiger partial charge >= 0.3 is 5.97 Å². The van der Waals surface area contributed by atoms with Gasteiger partial charge in [-0.1, -0.05) is 18.2 Å². The number of rotatable bonds is 11. The molecule has 2 fully saturated rings. The SMILES string of the molecule is CCOC(=O)c1csc(-n2nc(-c3cccc(OC4CCCC4)c3)c(Cc3ccc(S(N)(=O)=O)cc3F)c2CC2CC2)n1. The molecule has 12 heteroatoms. The molecule has 0 unspecified atom stereocenters. The summed E-state index contributed by atoms with van der Waals surface area (Å²) in [4.78, 5) is 16.7. The van der Waals surface area contributed by atoms with Gasteiger partial charge in [-0.25, -0.2) is 32.4 Å². The number of hydrogen-bond donors (Lipinski definition) is 1. The number of benzene rings is 2. The topological polar surface area (TPSA) is 126 Å². The highest BCUT2D eigenvalue weighted by Gasteiger charge is 2.30. The molecule has 0 radical (unpaired) electrons. The lowest BCUT2D eigenvalue weighted by atomic mass is 9.96. The zero-order valence-corrected chi connectivity index (χ0v) is 25.4. The Kier molecular flexibility index (Phi) is 8.34. The third kappa shape index (κ3) is 6.66. The van der Waals surface area contributed by atoms with Gasteiger partial charge in [0.05, 0.1) is 29.0 Å². The first-order valence-electron chi connectivity index (χ1n) is 14.5. The molecule has 0 aliphatic heterocycles. The molecule has 0 spiro atoms. The lowest BCUT2D eigenvalue weighted by Crippen LogP contribution is -2.13. The average molecular weight is 625 g/mol. The Labute approximate surface area is 253 Å². The van der Waals surface area contributed by atoms with Gasteiger partial charge in [0.2, 0.25) is 15.2 Å². The van der Waals surface area contributed by atoms with E-state index in [1.165, 1.54) is 23.5 Å². The van der Waals surface area contributed by atoms with E-state index < -0.39 is 21.8 Å². The Hall–Kier alpha value is -3.61. The van der Waals surface area contributed by atoms with Crippen LogP contribution in [0.3, 0.4) is 0 Å². The van der Waals surface area contributed by atoms with Crippen LogP contribution in [0.2, 0.25) is 0 Å². The summed E-state index contributed by atoms with van der Waals surface area (Å²) < 4.78 is 52.2. The molecule has 0 saturated heterocycles. The van der Waals surface area contributed by atoms with Crippen molar-refractivity contribution in [2.75, 3.05) is 6.61 Å². The van der Waals surface area contributed by atoms with Crippen LogP contribution >= 0.6 is 11.3 Å². The van der Waals surface area contributed by atoms with E-state index in [1.54, 1.807) is 17.0 Å². The highest BCUT2D eigenvalue weighted by atomic mass is 32.2. The normalized spacial score (nSPS) is 15.6. The molecule has 9 nitrogen and oxygen atoms in total. The molecule has 43 heavy (non-hydrogen) atoms. The molecule has 2 saturated carbocycles. The van der Waals surface area contributed by atoms with Gasteiger partial charge in [0.15, 0.2) is 5.69 Å². The molecular formula is C31H33FN4O5S2. The van der Waals surface area contributed by atoms with E-state index in [9.17, 15) is 13.2 Å². The van der Waals surface area contributed by atoms with Crippen molar-refractivity contribution >= 4 is 27.3 Å².